The van der Waals surface area contributed by atoms with Gasteiger partial charge in [0.05, 0.1) is 12.2 Å². The van der Waals surface area contributed by atoms with Crippen molar-refractivity contribution in [2.75, 3.05) is 6.54 Å². The second-order valence-corrected chi connectivity index (χ2v) is 7.69. The fourth-order valence-corrected chi connectivity index (χ4v) is 4.46. The zero-order valence-corrected chi connectivity index (χ0v) is 14.1. The summed E-state index contributed by atoms with van der Waals surface area (Å²) in [6, 6.07) is 9.65. The van der Waals surface area contributed by atoms with Gasteiger partial charge in [-0.15, -0.1) is 0 Å². The molecule has 128 valence electrons. The Morgan fingerprint density at radius 1 is 1.24 bits per heavy atom. The average molecular weight is 335 g/mol. The second-order valence-electron chi connectivity index (χ2n) is 7.69. The number of aromatic amines is 1. The van der Waals surface area contributed by atoms with E-state index in [1.807, 2.05) is 35.2 Å². The lowest BCUT2D eigenvalue weighted by Crippen LogP contribution is -2.41. The van der Waals surface area contributed by atoms with E-state index in [-0.39, 0.29) is 17.4 Å². The van der Waals surface area contributed by atoms with Crippen LogP contribution >= 0.6 is 0 Å². The molecule has 3 aliphatic rings. The predicted molar refractivity (Wildman–Crippen MR) is 93.8 cm³/mol. The number of hydrogen-bond donors (Lipinski definition) is 1. The first kappa shape index (κ1) is 14.9. The summed E-state index contributed by atoms with van der Waals surface area (Å²) < 4.78 is 0. The van der Waals surface area contributed by atoms with Crippen LogP contribution in [0.4, 0.5) is 0 Å². The Morgan fingerprint density at radius 2 is 2.04 bits per heavy atom. The molecule has 5 nitrogen and oxygen atoms in total. The van der Waals surface area contributed by atoms with Crippen molar-refractivity contribution in [2.45, 2.75) is 38.6 Å². The summed E-state index contributed by atoms with van der Waals surface area (Å²) in [5.41, 5.74) is 2.65. The molecule has 1 amide bonds. The molecule has 1 N–H and O–H groups in total. The van der Waals surface area contributed by atoms with Crippen molar-refractivity contribution < 1.29 is 4.79 Å². The van der Waals surface area contributed by atoms with Gasteiger partial charge in [0.25, 0.3) is 5.56 Å². The molecule has 25 heavy (non-hydrogen) atoms. The van der Waals surface area contributed by atoms with Crippen LogP contribution in [0.3, 0.4) is 0 Å². The molecule has 1 aliphatic heterocycles. The maximum absolute atomic E-state index is 12.8. The summed E-state index contributed by atoms with van der Waals surface area (Å²) in [6.07, 6.45) is 5.35. The Morgan fingerprint density at radius 3 is 2.72 bits per heavy atom. The highest BCUT2D eigenvalue weighted by Crippen LogP contribution is 2.66. The molecule has 1 spiro atoms. The lowest BCUT2D eigenvalue weighted by atomic mass is 9.79. The SMILES string of the molecule is O=C(C1CC12CCC2)N1CCc2c(nc(-c3ccccc3)[nH]c2=O)C1. The average Bonchev–Trinajstić information content (AvgIpc) is 3.38. The maximum Gasteiger partial charge on any atom is 0.254 e. The minimum Gasteiger partial charge on any atom is -0.336 e. The van der Waals surface area contributed by atoms with Gasteiger partial charge in [-0.05, 0) is 31.1 Å². The van der Waals surface area contributed by atoms with Gasteiger partial charge in [-0.3, -0.25) is 9.59 Å². The Balaban J connectivity index is 1.42. The van der Waals surface area contributed by atoms with Crippen LogP contribution in [0.1, 0.15) is 36.9 Å². The van der Waals surface area contributed by atoms with E-state index in [1.165, 1.54) is 19.3 Å². The molecule has 0 bridgehead atoms. The molecule has 2 aliphatic carbocycles. The molecule has 5 rings (SSSR count). The molecule has 0 saturated heterocycles. The summed E-state index contributed by atoms with van der Waals surface area (Å²) in [5, 5.41) is 0. The van der Waals surface area contributed by atoms with Crippen LogP contribution in [0.2, 0.25) is 0 Å². The third kappa shape index (κ3) is 2.33. The van der Waals surface area contributed by atoms with Gasteiger partial charge >= 0.3 is 0 Å². The van der Waals surface area contributed by atoms with Crippen LogP contribution in [0.15, 0.2) is 35.1 Å². The third-order valence-electron chi connectivity index (χ3n) is 6.27. The van der Waals surface area contributed by atoms with Crippen molar-refractivity contribution in [2.24, 2.45) is 11.3 Å². The molecule has 1 atom stereocenters. The molecule has 0 radical (unpaired) electrons. The standard InChI is InChI=1S/C20H21N3O2/c24-18-14-7-10-23(19(25)15-11-20(15)8-4-9-20)12-16(14)21-17(22-18)13-5-2-1-3-6-13/h1-3,5-6,15H,4,7-12H2,(H,21,22,24). The van der Waals surface area contributed by atoms with Gasteiger partial charge in [-0.2, -0.15) is 0 Å². The lowest BCUT2D eigenvalue weighted by molar-refractivity contribution is -0.135. The Labute approximate surface area is 146 Å². The number of rotatable bonds is 2. The largest absolute Gasteiger partial charge is 0.336 e. The van der Waals surface area contributed by atoms with Crippen LogP contribution in [0, 0.1) is 11.3 Å². The molecule has 1 aromatic carbocycles. The molecule has 2 saturated carbocycles. The fraction of sp³-hybridized carbons (Fsp3) is 0.450. The van der Waals surface area contributed by atoms with Crippen LogP contribution in [0.5, 0.6) is 0 Å². The fourth-order valence-electron chi connectivity index (χ4n) is 4.46. The summed E-state index contributed by atoms with van der Waals surface area (Å²) in [7, 11) is 0. The van der Waals surface area contributed by atoms with Crippen molar-refractivity contribution in [3.8, 4) is 11.4 Å². The van der Waals surface area contributed by atoms with E-state index < -0.39 is 0 Å². The number of nitrogens with one attached hydrogen (secondary N) is 1. The zero-order valence-electron chi connectivity index (χ0n) is 14.1. The molecule has 2 aromatic rings. The third-order valence-corrected chi connectivity index (χ3v) is 6.27. The molecular weight excluding hydrogens is 314 g/mol. The zero-order chi connectivity index (χ0) is 17.0. The number of hydrogen-bond acceptors (Lipinski definition) is 3. The van der Waals surface area contributed by atoms with Crippen molar-refractivity contribution >= 4 is 5.91 Å². The molecule has 1 aromatic heterocycles. The van der Waals surface area contributed by atoms with E-state index in [4.69, 9.17) is 0 Å². The number of H-pyrrole nitrogens is 1. The molecule has 2 heterocycles. The van der Waals surface area contributed by atoms with Gasteiger partial charge in [-0.1, -0.05) is 36.8 Å². The summed E-state index contributed by atoms with van der Waals surface area (Å²) in [5.74, 6) is 1.08. The van der Waals surface area contributed by atoms with Crippen molar-refractivity contribution in [1.29, 1.82) is 0 Å². The first-order valence-electron chi connectivity index (χ1n) is 9.13. The monoisotopic (exact) mass is 335 g/mol. The van der Waals surface area contributed by atoms with Crippen molar-refractivity contribution in [3.05, 3.63) is 51.9 Å². The van der Waals surface area contributed by atoms with Crippen LogP contribution in [0.25, 0.3) is 11.4 Å². The highest BCUT2D eigenvalue weighted by Gasteiger charge is 2.61. The van der Waals surface area contributed by atoms with Crippen molar-refractivity contribution in [3.63, 3.8) is 0 Å². The Kier molecular flexibility index (Phi) is 3.14. The number of nitrogens with zero attached hydrogens (tertiary/aromatic N) is 2. The highest BCUT2D eigenvalue weighted by atomic mass is 16.2. The quantitative estimate of drug-likeness (QED) is 0.917. The first-order valence-corrected chi connectivity index (χ1v) is 9.13. The number of benzene rings is 1. The smallest absolute Gasteiger partial charge is 0.254 e. The summed E-state index contributed by atoms with van der Waals surface area (Å²) in [6.45, 7) is 1.10. The summed E-state index contributed by atoms with van der Waals surface area (Å²) >= 11 is 0. The van der Waals surface area contributed by atoms with E-state index in [9.17, 15) is 9.59 Å². The summed E-state index contributed by atoms with van der Waals surface area (Å²) in [4.78, 5) is 34.8. The van der Waals surface area contributed by atoms with Crippen LogP contribution in [-0.4, -0.2) is 27.3 Å². The van der Waals surface area contributed by atoms with Gasteiger partial charge in [0.1, 0.15) is 5.82 Å². The molecule has 1 unspecified atom stereocenters. The molecule has 2 fully saturated rings. The van der Waals surface area contributed by atoms with Gasteiger partial charge in [0, 0.05) is 23.6 Å². The number of fused-ring (bicyclic) bond motifs is 1. The minimum atomic E-state index is -0.0714. The number of amides is 1. The van der Waals surface area contributed by atoms with E-state index in [1.54, 1.807) is 0 Å². The highest BCUT2D eigenvalue weighted by molar-refractivity contribution is 5.83. The topological polar surface area (TPSA) is 66.1 Å². The van der Waals surface area contributed by atoms with Gasteiger partial charge in [-0.25, -0.2) is 4.98 Å². The van der Waals surface area contributed by atoms with Gasteiger partial charge in [0.2, 0.25) is 5.91 Å². The van der Waals surface area contributed by atoms with Crippen LogP contribution in [-0.2, 0) is 17.8 Å². The van der Waals surface area contributed by atoms with E-state index in [0.29, 0.717) is 30.7 Å². The van der Waals surface area contributed by atoms with Crippen LogP contribution < -0.4 is 5.56 Å². The maximum atomic E-state index is 12.8. The van der Waals surface area contributed by atoms with Crippen molar-refractivity contribution in [1.82, 2.24) is 14.9 Å². The van der Waals surface area contributed by atoms with E-state index in [2.05, 4.69) is 9.97 Å². The lowest BCUT2D eigenvalue weighted by Gasteiger charge is -2.31. The number of carbonyl (C=O) groups is 1. The number of carbonyl (C=O) groups excluding carboxylic acids is 1. The van der Waals surface area contributed by atoms with E-state index in [0.717, 1.165) is 23.2 Å². The van der Waals surface area contributed by atoms with Gasteiger partial charge < -0.3 is 9.88 Å². The minimum absolute atomic E-state index is 0.0714. The normalized spacial score (nSPS) is 23.0. The van der Waals surface area contributed by atoms with E-state index >= 15 is 0 Å². The molecule has 5 heteroatoms. The number of aromatic nitrogens is 2. The Bertz CT molecular complexity index is 899. The molecular formula is C20H21N3O2. The predicted octanol–water partition coefficient (Wildman–Crippen LogP) is 2.51. The Hall–Kier alpha value is -2.43. The van der Waals surface area contributed by atoms with Gasteiger partial charge in [0.15, 0.2) is 0 Å². The second kappa shape index (κ2) is 5.28. The first-order chi connectivity index (χ1) is 12.2.